The van der Waals surface area contributed by atoms with Crippen LogP contribution in [0.1, 0.15) is 22.8 Å². The third-order valence-electron chi connectivity index (χ3n) is 2.91. The van der Waals surface area contributed by atoms with Crippen LogP contribution in [0.15, 0.2) is 48.5 Å². The fourth-order valence-corrected chi connectivity index (χ4v) is 2.27. The first-order valence-electron chi connectivity index (χ1n) is 6.51. The normalized spacial score (nSPS) is 10.7. The summed E-state index contributed by atoms with van der Waals surface area (Å²) in [5.74, 6) is -0.369. The van der Waals surface area contributed by atoms with E-state index in [2.05, 4.69) is 5.32 Å². The summed E-state index contributed by atoms with van der Waals surface area (Å²) in [4.78, 5) is 23.2. The molecule has 112 valence electrons. The van der Waals surface area contributed by atoms with Crippen LogP contribution in [0.2, 0.25) is 10.0 Å². The summed E-state index contributed by atoms with van der Waals surface area (Å²) in [5.41, 5.74) is 1.80. The summed E-state index contributed by atoms with van der Waals surface area (Å²) < 4.78 is 0. The first kappa shape index (κ1) is 16.3. The van der Waals surface area contributed by atoms with Crippen LogP contribution in [0.5, 0.6) is 0 Å². The van der Waals surface area contributed by atoms with Gasteiger partial charge in [0, 0.05) is 27.4 Å². The number of hydrogen-bond donors (Lipinski definition) is 1. The molecular formula is C17H13Cl2NO2. The van der Waals surface area contributed by atoms with Crippen LogP contribution in [0.25, 0.3) is 6.08 Å². The van der Waals surface area contributed by atoms with Gasteiger partial charge in [-0.2, -0.15) is 0 Å². The van der Waals surface area contributed by atoms with Gasteiger partial charge in [0.2, 0.25) is 5.91 Å². The SMILES string of the molecule is CC(=O)c1cccc(NC(=O)C=Cc2ccc(Cl)cc2Cl)c1. The highest BCUT2D eigenvalue weighted by Crippen LogP contribution is 2.22. The van der Waals surface area contributed by atoms with Crippen LogP contribution in [0, 0.1) is 0 Å². The first-order chi connectivity index (χ1) is 10.5. The Balaban J connectivity index is 2.08. The molecular weight excluding hydrogens is 321 g/mol. The molecule has 0 unspecified atom stereocenters. The van der Waals surface area contributed by atoms with Crippen LogP contribution in [-0.4, -0.2) is 11.7 Å². The molecule has 0 fully saturated rings. The number of halogens is 2. The van der Waals surface area contributed by atoms with Crippen molar-refractivity contribution in [3.63, 3.8) is 0 Å². The van der Waals surface area contributed by atoms with Gasteiger partial charge in [-0.05, 0) is 42.8 Å². The quantitative estimate of drug-likeness (QED) is 0.642. The Hall–Kier alpha value is -2.10. The van der Waals surface area contributed by atoms with Gasteiger partial charge in [-0.25, -0.2) is 0 Å². The van der Waals surface area contributed by atoms with Gasteiger partial charge in [-0.3, -0.25) is 9.59 Å². The smallest absolute Gasteiger partial charge is 0.248 e. The minimum atomic E-state index is -0.313. The monoisotopic (exact) mass is 333 g/mol. The second-order valence-electron chi connectivity index (χ2n) is 4.63. The lowest BCUT2D eigenvalue weighted by atomic mass is 10.1. The molecule has 5 heteroatoms. The number of Topliss-reactive ketones (excluding diaryl/α,β-unsaturated/α-hetero) is 1. The zero-order chi connectivity index (χ0) is 16.1. The number of nitrogens with one attached hydrogen (secondary N) is 1. The Kier molecular flexibility index (Phi) is 5.36. The van der Waals surface area contributed by atoms with E-state index in [0.717, 1.165) is 0 Å². The Morgan fingerprint density at radius 1 is 1.09 bits per heavy atom. The summed E-state index contributed by atoms with van der Waals surface area (Å²) in [6.45, 7) is 1.48. The second-order valence-corrected chi connectivity index (χ2v) is 5.47. The van der Waals surface area contributed by atoms with E-state index in [1.54, 1.807) is 48.5 Å². The molecule has 2 rings (SSSR count). The van der Waals surface area contributed by atoms with Gasteiger partial charge < -0.3 is 5.32 Å². The van der Waals surface area contributed by atoms with Crippen molar-refractivity contribution in [1.29, 1.82) is 0 Å². The van der Waals surface area contributed by atoms with Crippen molar-refractivity contribution in [2.45, 2.75) is 6.92 Å². The van der Waals surface area contributed by atoms with Crippen LogP contribution >= 0.6 is 23.2 Å². The molecule has 0 aliphatic rings. The fourth-order valence-electron chi connectivity index (χ4n) is 1.80. The van der Waals surface area contributed by atoms with Crippen molar-refractivity contribution in [2.24, 2.45) is 0 Å². The van der Waals surface area contributed by atoms with Crippen LogP contribution < -0.4 is 5.32 Å². The van der Waals surface area contributed by atoms with E-state index in [1.807, 2.05) is 0 Å². The number of ketones is 1. The highest BCUT2D eigenvalue weighted by Gasteiger charge is 2.03. The second kappa shape index (κ2) is 7.25. The zero-order valence-corrected chi connectivity index (χ0v) is 13.3. The molecule has 2 aromatic rings. The van der Waals surface area contributed by atoms with Gasteiger partial charge in [-0.1, -0.05) is 41.4 Å². The van der Waals surface area contributed by atoms with Gasteiger partial charge in [0.15, 0.2) is 5.78 Å². The molecule has 1 amide bonds. The molecule has 0 aliphatic heterocycles. The predicted molar refractivity (Wildman–Crippen MR) is 90.6 cm³/mol. The minimum absolute atomic E-state index is 0.0559. The summed E-state index contributed by atoms with van der Waals surface area (Å²) in [6.07, 6.45) is 2.97. The molecule has 1 N–H and O–H groups in total. The molecule has 0 heterocycles. The molecule has 0 spiro atoms. The third-order valence-corrected chi connectivity index (χ3v) is 3.48. The Morgan fingerprint density at radius 3 is 2.55 bits per heavy atom. The van der Waals surface area contributed by atoms with Crippen molar-refractivity contribution in [1.82, 2.24) is 0 Å². The average Bonchev–Trinajstić information content (AvgIpc) is 2.46. The lowest BCUT2D eigenvalue weighted by Crippen LogP contribution is -2.08. The van der Waals surface area contributed by atoms with E-state index < -0.39 is 0 Å². The highest BCUT2D eigenvalue weighted by atomic mass is 35.5. The number of carbonyl (C=O) groups is 2. The topological polar surface area (TPSA) is 46.2 Å². The maximum Gasteiger partial charge on any atom is 0.248 e. The van der Waals surface area contributed by atoms with Crippen molar-refractivity contribution in [3.05, 3.63) is 69.7 Å². The third kappa shape index (κ3) is 4.45. The largest absolute Gasteiger partial charge is 0.322 e. The standard InChI is InChI=1S/C17H13Cl2NO2/c1-11(21)13-3-2-4-15(9-13)20-17(22)8-6-12-5-7-14(18)10-16(12)19/h2-10H,1H3,(H,20,22). The van der Waals surface area contributed by atoms with Crippen LogP contribution in [0.4, 0.5) is 5.69 Å². The van der Waals surface area contributed by atoms with E-state index >= 15 is 0 Å². The van der Waals surface area contributed by atoms with E-state index in [1.165, 1.54) is 13.0 Å². The molecule has 2 aromatic carbocycles. The maximum atomic E-state index is 11.9. The van der Waals surface area contributed by atoms with Gasteiger partial charge in [0.25, 0.3) is 0 Å². The van der Waals surface area contributed by atoms with Gasteiger partial charge in [0.05, 0.1) is 0 Å². The lowest BCUT2D eigenvalue weighted by molar-refractivity contribution is -0.111. The fraction of sp³-hybridized carbons (Fsp3) is 0.0588. The Morgan fingerprint density at radius 2 is 1.86 bits per heavy atom. The molecule has 0 saturated carbocycles. The number of hydrogen-bond acceptors (Lipinski definition) is 2. The van der Waals surface area contributed by atoms with Gasteiger partial charge >= 0.3 is 0 Å². The number of rotatable bonds is 4. The van der Waals surface area contributed by atoms with Gasteiger partial charge in [-0.15, -0.1) is 0 Å². The lowest BCUT2D eigenvalue weighted by Gasteiger charge is -2.04. The molecule has 0 aromatic heterocycles. The van der Waals surface area contributed by atoms with E-state index in [0.29, 0.717) is 26.9 Å². The molecule has 0 bridgehead atoms. The first-order valence-corrected chi connectivity index (χ1v) is 7.26. The van der Waals surface area contributed by atoms with Crippen LogP contribution in [0.3, 0.4) is 0 Å². The number of amides is 1. The van der Waals surface area contributed by atoms with E-state index in [4.69, 9.17) is 23.2 Å². The van der Waals surface area contributed by atoms with E-state index in [9.17, 15) is 9.59 Å². The molecule has 0 saturated heterocycles. The molecule has 0 aliphatic carbocycles. The zero-order valence-electron chi connectivity index (χ0n) is 11.8. The number of anilines is 1. The van der Waals surface area contributed by atoms with E-state index in [-0.39, 0.29) is 11.7 Å². The van der Waals surface area contributed by atoms with Crippen molar-refractivity contribution in [3.8, 4) is 0 Å². The maximum absolute atomic E-state index is 11.9. The number of benzene rings is 2. The van der Waals surface area contributed by atoms with Crippen molar-refractivity contribution >= 4 is 46.7 Å². The molecule has 22 heavy (non-hydrogen) atoms. The predicted octanol–water partition coefficient (Wildman–Crippen LogP) is 4.85. The average molecular weight is 334 g/mol. The summed E-state index contributed by atoms with van der Waals surface area (Å²) >= 11 is 11.8. The van der Waals surface area contributed by atoms with Crippen LogP contribution in [-0.2, 0) is 4.79 Å². The molecule has 3 nitrogen and oxygen atoms in total. The van der Waals surface area contributed by atoms with Crippen molar-refractivity contribution in [2.75, 3.05) is 5.32 Å². The summed E-state index contributed by atoms with van der Waals surface area (Å²) in [6, 6.07) is 11.8. The molecule has 0 radical (unpaired) electrons. The summed E-state index contributed by atoms with van der Waals surface area (Å²) in [5, 5.41) is 3.69. The Bertz CT molecular complexity index is 754. The number of carbonyl (C=O) groups excluding carboxylic acids is 2. The van der Waals surface area contributed by atoms with Gasteiger partial charge in [0.1, 0.15) is 0 Å². The Labute approximate surface area is 138 Å². The minimum Gasteiger partial charge on any atom is -0.322 e. The highest BCUT2D eigenvalue weighted by molar-refractivity contribution is 6.35. The van der Waals surface area contributed by atoms with Crippen molar-refractivity contribution < 1.29 is 9.59 Å². The molecule has 0 atom stereocenters. The summed E-state index contributed by atoms with van der Waals surface area (Å²) in [7, 11) is 0.